The molecular formula is C10H9Cl2NO. The van der Waals surface area contributed by atoms with Crippen molar-refractivity contribution in [3.63, 3.8) is 0 Å². The van der Waals surface area contributed by atoms with Gasteiger partial charge < -0.3 is 5.32 Å². The molecule has 2 nitrogen and oxygen atoms in total. The molecule has 0 radical (unpaired) electrons. The molecule has 1 rings (SSSR count). The second kappa shape index (κ2) is 4.49. The molecule has 74 valence electrons. The summed E-state index contributed by atoms with van der Waals surface area (Å²) < 4.78 is 0. The first-order valence-electron chi connectivity index (χ1n) is 3.92. The molecule has 4 heteroatoms. The molecule has 1 amide bonds. The maximum Gasteiger partial charge on any atom is 0.250 e. The Bertz CT molecular complexity index is 388. The summed E-state index contributed by atoms with van der Waals surface area (Å²) in [5.41, 5.74) is 0.958. The zero-order valence-electron chi connectivity index (χ0n) is 7.60. The first-order valence-corrected chi connectivity index (χ1v) is 4.68. The van der Waals surface area contributed by atoms with Crippen molar-refractivity contribution in [3.8, 4) is 0 Å². The lowest BCUT2D eigenvalue weighted by molar-refractivity contribution is -0.112. The Morgan fingerprint density at radius 2 is 2.07 bits per heavy atom. The van der Waals surface area contributed by atoms with E-state index >= 15 is 0 Å². The van der Waals surface area contributed by atoms with Crippen LogP contribution in [0.3, 0.4) is 0 Å². The van der Waals surface area contributed by atoms with Gasteiger partial charge in [-0.15, -0.1) is 0 Å². The predicted molar refractivity (Wildman–Crippen MR) is 59.9 cm³/mol. The Balaban J connectivity index is 2.87. The van der Waals surface area contributed by atoms with E-state index in [9.17, 15) is 4.79 Å². The van der Waals surface area contributed by atoms with Crippen molar-refractivity contribution in [2.45, 2.75) is 6.92 Å². The summed E-state index contributed by atoms with van der Waals surface area (Å²) >= 11 is 11.6. The summed E-state index contributed by atoms with van der Waals surface area (Å²) in [7, 11) is 0. The van der Waals surface area contributed by atoms with Gasteiger partial charge in [0, 0.05) is 10.6 Å². The number of carbonyl (C=O) groups is 1. The third-order valence-electron chi connectivity index (χ3n) is 1.57. The molecule has 14 heavy (non-hydrogen) atoms. The molecular weight excluding hydrogens is 221 g/mol. The van der Waals surface area contributed by atoms with Crippen LogP contribution in [0.5, 0.6) is 0 Å². The number of carbonyl (C=O) groups excluding carboxylic acids is 1. The average molecular weight is 230 g/mol. The summed E-state index contributed by atoms with van der Waals surface area (Å²) in [6.45, 7) is 5.14. The number of halogens is 2. The predicted octanol–water partition coefficient (Wildman–Crippen LogP) is 3.51. The first kappa shape index (κ1) is 11.1. The monoisotopic (exact) mass is 229 g/mol. The standard InChI is InChI=1S/C10H9Cl2NO/c1-6(2)10(14)13-9-4-3-7(11)5-8(9)12/h3-5H,1H2,2H3,(H,13,14). The van der Waals surface area contributed by atoms with Crippen molar-refractivity contribution in [1.82, 2.24) is 0 Å². The van der Waals surface area contributed by atoms with E-state index in [1.54, 1.807) is 25.1 Å². The molecule has 0 fully saturated rings. The second-order valence-electron chi connectivity index (χ2n) is 2.86. The Labute approximate surface area is 92.5 Å². The number of rotatable bonds is 2. The molecule has 0 unspecified atom stereocenters. The highest BCUT2D eigenvalue weighted by Crippen LogP contribution is 2.25. The van der Waals surface area contributed by atoms with Crippen LogP contribution in [0.4, 0.5) is 5.69 Å². The summed E-state index contributed by atoms with van der Waals surface area (Å²) in [6.07, 6.45) is 0. The fraction of sp³-hybridized carbons (Fsp3) is 0.100. The van der Waals surface area contributed by atoms with Gasteiger partial charge in [0.15, 0.2) is 0 Å². The van der Waals surface area contributed by atoms with Gasteiger partial charge in [0.05, 0.1) is 10.7 Å². The van der Waals surface area contributed by atoms with Crippen LogP contribution in [-0.2, 0) is 4.79 Å². The Kier molecular flexibility index (Phi) is 3.55. The largest absolute Gasteiger partial charge is 0.321 e. The van der Waals surface area contributed by atoms with Crippen LogP contribution in [0.25, 0.3) is 0 Å². The van der Waals surface area contributed by atoms with E-state index in [4.69, 9.17) is 23.2 Å². The van der Waals surface area contributed by atoms with Crippen LogP contribution < -0.4 is 5.32 Å². The minimum atomic E-state index is -0.255. The number of hydrogen-bond donors (Lipinski definition) is 1. The zero-order valence-corrected chi connectivity index (χ0v) is 9.12. The molecule has 0 aliphatic carbocycles. The van der Waals surface area contributed by atoms with Crippen LogP contribution in [0, 0.1) is 0 Å². The average Bonchev–Trinajstić information content (AvgIpc) is 2.09. The Morgan fingerprint density at radius 1 is 1.43 bits per heavy atom. The molecule has 0 bridgehead atoms. The summed E-state index contributed by atoms with van der Waals surface area (Å²) in [6, 6.07) is 4.87. The lowest BCUT2D eigenvalue weighted by Gasteiger charge is -2.06. The SMILES string of the molecule is C=C(C)C(=O)Nc1ccc(Cl)cc1Cl. The quantitative estimate of drug-likeness (QED) is 0.774. The van der Waals surface area contributed by atoms with Crippen LogP contribution in [0.2, 0.25) is 10.0 Å². The first-order chi connectivity index (χ1) is 6.50. The van der Waals surface area contributed by atoms with Crippen molar-refractivity contribution in [3.05, 3.63) is 40.4 Å². The number of amides is 1. The summed E-state index contributed by atoms with van der Waals surface area (Å²) in [4.78, 5) is 11.2. The van der Waals surface area contributed by atoms with E-state index in [0.717, 1.165) is 0 Å². The molecule has 1 aromatic carbocycles. The van der Waals surface area contributed by atoms with Gasteiger partial charge >= 0.3 is 0 Å². The third-order valence-corrected chi connectivity index (χ3v) is 2.11. The maximum atomic E-state index is 11.2. The molecule has 0 saturated heterocycles. The van der Waals surface area contributed by atoms with Gasteiger partial charge in [-0.1, -0.05) is 29.8 Å². The molecule has 0 aromatic heterocycles. The van der Waals surface area contributed by atoms with Crippen molar-refractivity contribution in [1.29, 1.82) is 0 Å². The van der Waals surface area contributed by atoms with Crippen LogP contribution in [0.15, 0.2) is 30.4 Å². The van der Waals surface area contributed by atoms with Gasteiger partial charge in [0.25, 0.3) is 5.91 Å². The van der Waals surface area contributed by atoms with E-state index in [0.29, 0.717) is 21.3 Å². The topological polar surface area (TPSA) is 29.1 Å². The number of anilines is 1. The smallest absolute Gasteiger partial charge is 0.250 e. The normalized spacial score (nSPS) is 9.64. The lowest BCUT2D eigenvalue weighted by atomic mass is 10.3. The number of hydrogen-bond acceptors (Lipinski definition) is 1. The lowest BCUT2D eigenvalue weighted by Crippen LogP contribution is -2.11. The molecule has 1 N–H and O–H groups in total. The van der Waals surface area contributed by atoms with Crippen LogP contribution in [-0.4, -0.2) is 5.91 Å². The third kappa shape index (κ3) is 2.76. The summed E-state index contributed by atoms with van der Waals surface area (Å²) in [5, 5.41) is 3.55. The maximum absolute atomic E-state index is 11.2. The van der Waals surface area contributed by atoms with Gasteiger partial charge in [0.1, 0.15) is 0 Å². The Hall–Kier alpha value is -0.990. The highest BCUT2D eigenvalue weighted by atomic mass is 35.5. The van der Waals surface area contributed by atoms with Gasteiger partial charge in [-0.05, 0) is 25.1 Å². The molecule has 1 aromatic rings. The van der Waals surface area contributed by atoms with Gasteiger partial charge in [-0.25, -0.2) is 0 Å². The van der Waals surface area contributed by atoms with Gasteiger partial charge in [0.2, 0.25) is 0 Å². The van der Waals surface area contributed by atoms with Crippen molar-refractivity contribution in [2.75, 3.05) is 5.32 Å². The van der Waals surface area contributed by atoms with E-state index in [1.807, 2.05) is 0 Å². The van der Waals surface area contributed by atoms with Crippen LogP contribution in [0.1, 0.15) is 6.92 Å². The van der Waals surface area contributed by atoms with Crippen LogP contribution >= 0.6 is 23.2 Å². The molecule has 0 heterocycles. The van der Waals surface area contributed by atoms with E-state index in [-0.39, 0.29) is 5.91 Å². The van der Waals surface area contributed by atoms with Gasteiger partial charge in [-0.2, -0.15) is 0 Å². The molecule has 0 aliphatic heterocycles. The fourth-order valence-electron chi connectivity index (χ4n) is 0.820. The highest BCUT2D eigenvalue weighted by molar-refractivity contribution is 6.36. The molecule has 0 saturated carbocycles. The van der Waals surface area contributed by atoms with Crippen molar-refractivity contribution >= 4 is 34.8 Å². The Morgan fingerprint density at radius 3 is 2.57 bits per heavy atom. The molecule has 0 atom stereocenters. The molecule has 0 aliphatic rings. The fourth-order valence-corrected chi connectivity index (χ4v) is 1.28. The van der Waals surface area contributed by atoms with Crippen molar-refractivity contribution < 1.29 is 4.79 Å². The van der Waals surface area contributed by atoms with E-state index in [1.165, 1.54) is 0 Å². The second-order valence-corrected chi connectivity index (χ2v) is 3.70. The van der Waals surface area contributed by atoms with E-state index in [2.05, 4.69) is 11.9 Å². The number of nitrogens with one attached hydrogen (secondary N) is 1. The number of benzene rings is 1. The van der Waals surface area contributed by atoms with Crippen molar-refractivity contribution in [2.24, 2.45) is 0 Å². The molecule has 0 spiro atoms. The van der Waals surface area contributed by atoms with Gasteiger partial charge in [-0.3, -0.25) is 4.79 Å². The van der Waals surface area contributed by atoms with E-state index < -0.39 is 0 Å². The zero-order chi connectivity index (χ0) is 10.7. The summed E-state index contributed by atoms with van der Waals surface area (Å²) in [5.74, 6) is -0.255. The minimum Gasteiger partial charge on any atom is -0.321 e. The highest BCUT2D eigenvalue weighted by Gasteiger charge is 2.05. The minimum absolute atomic E-state index is 0.255.